The van der Waals surface area contributed by atoms with E-state index in [4.69, 9.17) is 39.5 Å². The van der Waals surface area contributed by atoms with Crippen molar-refractivity contribution in [3.63, 3.8) is 0 Å². The topological polar surface area (TPSA) is 26.3 Å². The number of ether oxygens (including phenoxy) is 1. The highest BCUT2D eigenvalue weighted by molar-refractivity contribution is 7.81. The summed E-state index contributed by atoms with van der Waals surface area (Å²) in [7, 11) is 0. The van der Waals surface area contributed by atoms with Gasteiger partial charge in [0.25, 0.3) is 0 Å². The van der Waals surface area contributed by atoms with E-state index in [1.165, 1.54) is 12.1 Å². The lowest BCUT2D eigenvalue weighted by molar-refractivity contribution is -0.131. The van der Waals surface area contributed by atoms with Crippen molar-refractivity contribution >= 4 is 53.4 Å². The Kier molecular flexibility index (Phi) is 4.38. The lowest BCUT2D eigenvalue weighted by Crippen LogP contribution is -2.09. The minimum absolute atomic E-state index is 0.0312. The van der Waals surface area contributed by atoms with Crippen molar-refractivity contribution in [2.75, 3.05) is 5.75 Å². The van der Waals surface area contributed by atoms with Gasteiger partial charge in [0.15, 0.2) is 5.75 Å². The molecule has 0 bridgehead atoms. The Morgan fingerprint density at radius 2 is 1.79 bits per heavy atom. The van der Waals surface area contributed by atoms with Gasteiger partial charge in [-0.3, -0.25) is 4.79 Å². The SMILES string of the molecule is O=C(CS)Oc1cc(Cl)c(Cl)cc1Cl. The second kappa shape index (κ2) is 5.12. The van der Waals surface area contributed by atoms with Crippen molar-refractivity contribution in [2.45, 2.75) is 0 Å². The van der Waals surface area contributed by atoms with E-state index in [0.29, 0.717) is 5.02 Å². The van der Waals surface area contributed by atoms with Gasteiger partial charge in [-0.05, 0) is 6.07 Å². The van der Waals surface area contributed by atoms with Crippen molar-refractivity contribution in [1.29, 1.82) is 0 Å². The average molecular weight is 272 g/mol. The van der Waals surface area contributed by atoms with Crippen LogP contribution in [-0.2, 0) is 4.79 Å². The predicted octanol–water partition coefficient (Wildman–Crippen LogP) is 3.48. The molecule has 0 saturated heterocycles. The Bertz CT molecular complexity index is 368. The number of rotatable bonds is 2. The number of esters is 1. The maximum absolute atomic E-state index is 10.9. The smallest absolute Gasteiger partial charge is 0.321 e. The zero-order valence-electron chi connectivity index (χ0n) is 6.76. The highest BCUT2D eigenvalue weighted by atomic mass is 35.5. The van der Waals surface area contributed by atoms with Crippen LogP contribution in [0, 0.1) is 0 Å². The third-order valence-electron chi connectivity index (χ3n) is 1.33. The van der Waals surface area contributed by atoms with Gasteiger partial charge < -0.3 is 4.74 Å². The van der Waals surface area contributed by atoms with E-state index in [2.05, 4.69) is 12.6 Å². The van der Waals surface area contributed by atoms with Crippen molar-refractivity contribution in [3.8, 4) is 5.75 Å². The van der Waals surface area contributed by atoms with Crippen LogP contribution in [0.4, 0.5) is 0 Å². The fraction of sp³-hybridized carbons (Fsp3) is 0.125. The summed E-state index contributed by atoms with van der Waals surface area (Å²) in [5, 5.41) is 0.815. The number of carbonyl (C=O) groups excluding carboxylic acids is 1. The molecule has 0 aromatic heterocycles. The number of halogens is 3. The summed E-state index contributed by atoms with van der Waals surface area (Å²) in [6.45, 7) is 0. The minimum Gasteiger partial charge on any atom is -0.424 e. The normalized spacial score (nSPS) is 10.0. The van der Waals surface area contributed by atoms with Gasteiger partial charge in [0.2, 0.25) is 0 Å². The van der Waals surface area contributed by atoms with E-state index < -0.39 is 5.97 Å². The molecule has 1 aromatic carbocycles. The molecule has 1 aromatic rings. The standard InChI is InChI=1S/C8H5Cl3O2S/c9-4-1-6(11)7(2-5(4)10)13-8(12)3-14/h1-2,14H,3H2. The largest absolute Gasteiger partial charge is 0.424 e. The Labute approximate surface area is 102 Å². The Hall–Kier alpha value is -0.0900. The van der Waals surface area contributed by atoms with Gasteiger partial charge in [-0.15, -0.1) is 0 Å². The molecular weight excluding hydrogens is 267 g/mol. The molecule has 14 heavy (non-hydrogen) atoms. The molecule has 0 saturated carbocycles. The molecule has 6 heteroatoms. The van der Waals surface area contributed by atoms with E-state index in [1.54, 1.807) is 0 Å². The van der Waals surface area contributed by atoms with Crippen LogP contribution < -0.4 is 4.74 Å². The molecule has 0 aliphatic heterocycles. The maximum atomic E-state index is 10.9. The van der Waals surface area contributed by atoms with Gasteiger partial charge in [0, 0.05) is 6.07 Å². The van der Waals surface area contributed by atoms with Gasteiger partial charge >= 0.3 is 5.97 Å². The Morgan fingerprint density at radius 1 is 1.21 bits per heavy atom. The predicted molar refractivity (Wildman–Crippen MR) is 61.0 cm³/mol. The van der Waals surface area contributed by atoms with Crippen molar-refractivity contribution < 1.29 is 9.53 Å². The average Bonchev–Trinajstić information content (AvgIpc) is 2.14. The number of hydrogen-bond donors (Lipinski definition) is 1. The van der Waals surface area contributed by atoms with Gasteiger partial charge in [0.1, 0.15) is 0 Å². The first-order valence-corrected chi connectivity index (χ1v) is 5.27. The summed E-state index contributed by atoms with van der Waals surface area (Å²) >= 11 is 20.9. The first kappa shape index (κ1) is 12.0. The molecule has 2 nitrogen and oxygen atoms in total. The van der Waals surface area contributed by atoms with Crippen LogP contribution in [0.3, 0.4) is 0 Å². The zero-order valence-corrected chi connectivity index (χ0v) is 9.92. The van der Waals surface area contributed by atoms with Crippen LogP contribution in [0.1, 0.15) is 0 Å². The highest BCUT2D eigenvalue weighted by Crippen LogP contribution is 2.33. The minimum atomic E-state index is -0.506. The van der Waals surface area contributed by atoms with Crippen LogP contribution >= 0.6 is 47.4 Å². The summed E-state index contributed by atoms with van der Waals surface area (Å²) in [6, 6.07) is 2.79. The van der Waals surface area contributed by atoms with Crippen LogP contribution in [-0.4, -0.2) is 11.7 Å². The van der Waals surface area contributed by atoms with E-state index in [9.17, 15) is 4.79 Å². The molecule has 0 aliphatic carbocycles. The Balaban J connectivity index is 2.98. The molecule has 0 radical (unpaired) electrons. The number of carbonyl (C=O) groups is 1. The van der Waals surface area contributed by atoms with Crippen LogP contribution in [0.25, 0.3) is 0 Å². The van der Waals surface area contributed by atoms with Crippen molar-refractivity contribution in [1.82, 2.24) is 0 Å². The van der Waals surface area contributed by atoms with Gasteiger partial charge in [-0.1, -0.05) is 34.8 Å². The summed E-state index contributed by atoms with van der Waals surface area (Å²) < 4.78 is 4.84. The lowest BCUT2D eigenvalue weighted by atomic mass is 10.3. The van der Waals surface area contributed by atoms with Crippen molar-refractivity contribution in [2.24, 2.45) is 0 Å². The summed E-state index contributed by atoms with van der Waals surface area (Å²) in [5.41, 5.74) is 0. The molecule has 0 fully saturated rings. The fourth-order valence-corrected chi connectivity index (χ4v) is 1.38. The fourth-order valence-electron chi connectivity index (χ4n) is 0.737. The van der Waals surface area contributed by atoms with Crippen molar-refractivity contribution in [3.05, 3.63) is 27.2 Å². The highest BCUT2D eigenvalue weighted by Gasteiger charge is 2.10. The molecule has 0 atom stereocenters. The summed E-state index contributed by atoms with van der Waals surface area (Å²) in [5.74, 6) is -0.356. The maximum Gasteiger partial charge on any atom is 0.321 e. The monoisotopic (exact) mass is 270 g/mol. The van der Waals surface area contributed by atoms with Gasteiger partial charge in [-0.25, -0.2) is 0 Å². The van der Waals surface area contributed by atoms with Crippen LogP contribution in [0.2, 0.25) is 15.1 Å². The third kappa shape index (κ3) is 2.95. The van der Waals surface area contributed by atoms with Crippen LogP contribution in [0.15, 0.2) is 12.1 Å². The van der Waals surface area contributed by atoms with E-state index >= 15 is 0 Å². The molecule has 76 valence electrons. The molecule has 0 amide bonds. The molecule has 0 N–H and O–H groups in total. The van der Waals surface area contributed by atoms with Gasteiger partial charge in [-0.2, -0.15) is 12.6 Å². The lowest BCUT2D eigenvalue weighted by Gasteiger charge is -2.05. The zero-order chi connectivity index (χ0) is 10.7. The van der Waals surface area contributed by atoms with Crippen LogP contribution in [0.5, 0.6) is 5.75 Å². The molecule has 0 unspecified atom stereocenters. The molecule has 0 heterocycles. The summed E-state index contributed by atoms with van der Waals surface area (Å²) in [6.07, 6.45) is 0. The quantitative estimate of drug-likeness (QED) is 0.386. The third-order valence-corrected chi connectivity index (χ3v) is 2.60. The number of hydrogen-bond acceptors (Lipinski definition) is 3. The summed E-state index contributed by atoms with van der Waals surface area (Å²) in [4.78, 5) is 10.9. The van der Waals surface area contributed by atoms with E-state index in [1.807, 2.05) is 0 Å². The molecule has 1 rings (SSSR count). The van der Waals surface area contributed by atoms with Gasteiger partial charge in [0.05, 0.1) is 20.8 Å². The number of thiol groups is 1. The molecule has 0 spiro atoms. The molecule has 0 aliphatic rings. The van der Waals surface area contributed by atoms with E-state index in [0.717, 1.165) is 0 Å². The second-order valence-electron chi connectivity index (χ2n) is 2.33. The molecular formula is C8H5Cl3O2S. The first-order chi connectivity index (χ1) is 6.54. The second-order valence-corrected chi connectivity index (χ2v) is 3.87. The Morgan fingerprint density at radius 3 is 2.36 bits per heavy atom. The van der Waals surface area contributed by atoms with E-state index in [-0.39, 0.29) is 21.5 Å². The first-order valence-electron chi connectivity index (χ1n) is 3.50. The number of benzene rings is 1.